The van der Waals surface area contributed by atoms with Gasteiger partial charge < -0.3 is 0 Å². The molecule has 1 saturated carbocycles. The van der Waals surface area contributed by atoms with Gasteiger partial charge in [0.15, 0.2) is 0 Å². The van der Waals surface area contributed by atoms with Crippen molar-refractivity contribution in [2.24, 2.45) is 0 Å². The number of benzene rings is 3. The van der Waals surface area contributed by atoms with Crippen LogP contribution in [0.25, 0.3) is 5.57 Å². The van der Waals surface area contributed by atoms with E-state index in [0.29, 0.717) is 5.92 Å². The zero-order chi connectivity index (χ0) is 16.4. The minimum Gasteiger partial charge on any atom is -0.112 e. The average molecular weight is 308 g/mol. The van der Waals surface area contributed by atoms with Gasteiger partial charge in [0.1, 0.15) is 0 Å². The molecule has 0 nitrogen and oxygen atoms in total. The van der Waals surface area contributed by atoms with Crippen LogP contribution in [0.1, 0.15) is 34.6 Å². The molecule has 1 fully saturated rings. The quantitative estimate of drug-likeness (QED) is 0.510. The van der Waals surface area contributed by atoms with Crippen LogP contribution in [0.3, 0.4) is 0 Å². The second-order valence-electron chi connectivity index (χ2n) is 6.42. The summed E-state index contributed by atoms with van der Waals surface area (Å²) in [5, 5.41) is 0. The Balaban J connectivity index is 1.77. The fourth-order valence-corrected chi connectivity index (χ4v) is 3.10. The summed E-state index contributed by atoms with van der Waals surface area (Å²) in [7, 11) is 0. The molecule has 0 N–H and O–H groups in total. The van der Waals surface area contributed by atoms with E-state index in [-0.39, 0.29) is 0 Å². The van der Waals surface area contributed by atoms with Crippen LogP contribution in [0.4, 0.5) is 0 Å². The monoisotopic (exact) mass is 308 g/mol. The summed E-state index contributed by atoms with van der Waals surface area (Å²) in [5.41, 5.74) is 11.5. The Morgan fingerprint density at radius 2 is 1.29 bits per heavy atom. The van der Waals surface area contributed by atoms with Crippen molar-refractivity contribution in [2.45, 2.75) is 19.3 Å². The largest absolute Gasteiger partial charge is 0.112 e. The van der Waals surface area contributed by atoms with Crippen LogP contribution in [0.2, 0.25) is 0 Å². The summed E-state index contributed by atoms with van der Waals surface area (Å²) >= 11 is 0. The number of rotatable bonds is 3. The van der Waals surface area contributed by atoms with Crippen LogP contribution in [0.15, 0.2) is 96.2 Å². The molecule has 0 aliphatic heterocycles. The van der Waals surface area contributed by atoms with Gasteiger partial charge in [-0.15, -0.1) is 5.73 Å². The third-order valence-corrected chi connectivity index (χ3v) is 4.57. The number of hydrogen-bond acceptors (Lipinski definition) is 0. The van der Waals surface area contributed by atoms with Crippen LogP contribution >= 0.6 is 0 Å². The van der Waals surface area contributed by atoms with E-state index in [4.69, 9.17) is 0 Å². The maximum Gasteiger partial charge on any atom is 0.0309 e. The molecule has 4 rings (SSSR count). The molecule has 0 spiro atoms. The molecule has 1 aliphatic carbocycles. The molecule has 1 aliphatic rings. The Kier molecular flexibility index (Phi) is 3.91. The SMILES string of the molecule is Cc1ccc(C2CC2=C=C(c2ccccc2)c2ccccc2)cc1. The first-order chi connectivity index (χ1) is 11.8. The molecule has 24 heavy (non-hydrogen) atoms. The van der Waals surface area contributed by atoms with Gasteiger partial charge in [0.05, 0.1) is 0 Å². The van der Waals surface area contributed by atoms with E-state index in [1.165, 1.54) is 33.4 Å². The summed E-state index contributed by atoms with van der Waals surface area (Å²) < 4.78 is 0. The van der Waals surface area contributed by atoms with Gasteiger partial charge in [-0.3, -0.25) is 0 Å². The van der Waals surface area contributed by atoms with Crippen molar-refractivity contribution in [1.29, 1.82) is 0 Å². The number of allylic oxidation sites excluding steroid dienone is 1. The Bertz CT molecular complexity index is 852. The summed E-state index contributed by atoms with van der Waals surface area (Å²) in [6.07, 6.45) is 1.12. The van der Waals surface area contributed by atoms with E-state index < -0.39 is 0 Å². The second-order valence-corrected chi connectivity index (χ2v) is 6.42. The highest BCUT2D eigenvalue weighted by Gasteiger charge is 2.31. The molecule has 0 amide bonds. The van der Waals surface area contributed by atoms with Gasteiger partial charge in [-0.2, -0.15) is 0 Å². The minimum atomic E-state index is 0.535. The van der Waals surface area contributed by atoms with Gasteiger partial charge in [0.25, 0.3) is 0 Å². The van der Waals surface area contributed by atoms with Crippen LogP contribution in [-0.2, 0) is 0 Å². The molecule has 1 unspecified atom stereocenters. The summed E-state index contributed by atoms with van der Waals surface area (Å²) in [6.45, 7) is 2.14. The van der Waals surface area contributed by atoms with Crippen molar-refractivity contribution in [2.75, 3.05) is 0 Å². The first-order valence-corrected chi connectivity index (χ1v) is 8.48. The molecule has 116 valence electrons. The van der Waals surface area contributed by atoms with Crippen molar-refractivity contribution in [3.63, 3.8) is 0 Å². The smallest absolute Gasteiger partial charge is 0.0309 e. The lowest BCUT2D eigenvalue weighted by Crippen LogP contribution is -1.85. The van der Waals surface area contributed by atoms with Gasteiger partial charge in [-0.05, 0) is 35.6 Å². The molecule has 0 heterocycles. The zero-order valence-corrected chi connectivity index (χ0v) is 13.9. The Labute approximate surface area is 143 Å². The van der Waals surface area contributed by atoms with Crippen molar-refractivity contribution < 1.29 is 0 Å². The summed E-state index contributed by atoms with van der Waals surface area (Å²) in [5.74, 6) is 0.535. The van der Waals surface area contributed by atoms with Gasteiger partial charge >= 0.3 is 0 Å². The summed E-state index contributed by atoms with van der Waals surface area (Å²) in [6, 6.07) is 30.1. The normalized spacial score (nSPS) is 15.7. The standard InChI is InChI=1S/C24H20/c1-18-12-14-21(15-13-18)24-17-22(24)16-23(19-8-4-2-5-9-19)20-10-6-3-7-11-20/h2-15,24H,17H2,1H3. The maximum atomic E-state index is 3.72. The molecule has 0 bridgehead atoms. The summed E-state index contributed by atoms with van der Waals surface area (Å²) in [4.78, 5) is 0. The van der Waals surface area contributed by atoms with Crippen molar-refractivity contribution >= 4 is 5.57 Å². The van der Waals surface area contributed by atoms with Crippen LogP contribution in [0, 0.1) is 6.92 Å². The van der Waals surface area contributed by atoms with Gasteiger partial charge in [-0.1, -0.05) is 90.5 Å². The fourth-order valence-electron chi connectivity index (χ4n) is 3.10. The van der Waals surface area contributed by atoms with Crippen molar-refractivity contribution in [3.05, 3.63) is 118 Å². The lowest BCUT2D eigenvalue weighted by atomic mass is 9.98. The highest BCUT2D eigenvalue weighted by molar-refractivity contribution is 5.80. The Morgan fingerprint density at radius 1 is 0.750 bits per heavy atom. The Hall–Kier alpha value is -2.82. The highest BCUT2D eigenvalue weighted by atomic mass is 14.3. The van der Waals surface area contributed by atoms with E-state index >= 15 is 0 Å². The lowest BCUT2D eigenvalue weighted by molar-refractivity contribution is 1.16. The van der Waals surface area contributed by atoms with Crippen LogP contribution in [-0.4, -0.2) is 0 Å². The number of hydrogen-bond donors (Lipinski definition) is 0. The zero-order valence-electron chi connectivity index (χ0n) is 13.9. The molecule has 3 aromatic rings. The van der Waals surface area contributed by atoms with Gasteiger partial charge in [-0.25, -0.2) is 0 Å². The minimum absolute atomic E-state index is 0.535. The fraction of sp³-hybridized carbons (Fsp3) is 0.125. The lowest BCUT2D eigenvalue weighted by Gasteiger charge is -2.05. The first kappa shape index (κ1) is 14.8. The third kappa shape index (κ3) is 3.11. The molecular formula is C24H20. The van der Waals surface area contributed by atoms with Crippen molar-refractivity contribution in [1.82, 2.24) is 0 Å². The molecule has 0 aromatic heterocycles. The average Bonchev–Trinajstić information content (AvgIpc) is 3.41. The highest BCUT2D eigenvalue weighted by Crippen LogP contribution is 2.47. The predicted molar refractivity (Wildman–Crippen MR) is 101 cm³/mol. The molecule has 3 aromatic carbocycles. The molecule has 0 saturated heterocycles. The number of aryl methyl sites for hydroxylation is 1. The van der Waals surface area contributed by atoms with E-state index in [0.717, 1.165) is 6.42 Å². The van der Waals surface area contributed by atoms with E-state index in [2.05, 4.69) is 97.6 Å². The molecule has 1 atom stereocenters. The molecular weight excluding hydrogens is 288 g/mol. The molecule has 0 radical (unpaired) electrons. The topological polar surface area (TPSA) is 0 Å². The van der Waals surface area contributed by atoms with E-state index in [1.807, 2.05) is 0 Å². The van der Waals surface area contributed by atoms with Gasteiger partial charge in [0.2, 0.25) is 0 Å². The van der Waals surface area contributed by atoms with E-state index in [9.17, 15) is 0 Å². The van der Waals surface area contributed by atoms with Crippen molar-refractivity contribution in [3.8, 4) is 0 Å². The molecule has 0 heteroatoms. The van der Waals surface area contributed by atoms with Crippen LogP contribution < -0.4 is 0 Å². The van der Waals surface area contributed by atoms with Gasteiger partial charge in [0, 0.05) is 11.5 Å². The van der Waals surface area contributed by atoms with E-state index in [1.54, 1.807) is 0 Å². The Morgan fingerprint density at radius 3 is 1.83 bits per heavy atom. The predicted octanol–water partition coefficient (Wildman–Crippen LogP) is 6.14. The first-order valence-electron chi connectivity index (χ1n) is 8.48. The maximum absolute atomic E-state index is 3.72. The second kappa shape index (κ2) is 6.35. The van der Waals surface area contributed by atoms with Crippen LogP contribution in [0.5, 0.6) is 0 Å². The third-order valence-electron chi connectivity index (χ3n) is 4.57.